The molecule has 94 valence electrons. The van der Waals surface area contributed by atoms with Crippen molar-refractivity contribution >= 4 is 5.91 Å². The first-order valence-electron chi connectivity index (χ1n) is 6.09. The summed E-state index contributed by atoms with van der Waals surface area (Å²) in [5.41, 5.74) is 5.62. The van der Waals surface area contributed by atoms with Crippen LogP contribution in [0.4, 0.5) is 0 Å². The number of amides is 1. The van der Waals surface area contributed by atoms with Crippen molar-refractivity contribution in [3.63, 3.8) is 0 Å². The lowest BCUT2D eigenvalue weighted by Gasteiger charge is -2.28. The average Bonchev–Trinajstić information content (AvgIpc) is 2.82. The van der Waals surface area contributed by atoms with Crippen LogP contribution in [0.3, 0.4) is 0 Å². The van der Waals surface area contributed by atoms with E-state index < -0.39 is 0 Å². The maximum absolute atomic E-state index is 12.1. The summed E-state index contributed by atoms with van der Waals surface area (Å²) in [6.45, 7) is 4.74. The Kier molecular flexibility index (Phi) is 3.73. The van der Waals surface area contributed by atoms with Gasteiger partial charge in [0.15, 0.2) is 5.82 Å². The molecule has 1 aliphatic heterocycles. The highest BCUT2D eigenvalue weighted by molar-refractivity contribution is 5.76. The Hall–Kier alpha value is -1.43. The van der Waals surface area contributed by atoms with Crippen molar-refractivity contribution in [2.45, 2.75) is 32.9 Å². The normalized spacial score (nSPS) is 16.7. The SMILES string of the molecule is CCC(CN)CC(=O)N1CCn2cnnc2C1. The lowest BCUT2D eigenvalue weighted by Crippen LogP contribution is -2.39. The second-order valence-electron chi connectivity index (χ2n) is 4.47. The number of fused-ring (bicyclic) bond motifs is 1. The average molecular weight is 237 g/mol. The fourth-order valence-corrected chi connectivity index (χ4v) is 2.05. The molecule has 0 bridgehead atoms. The van der Waals surface area contributed by atoms with Crippen LogP contribution >= 0.6 is 0 Å². The van der Waals surface area contributed by atoms with Crippen LogP contribution in [0.2, 0.25) is 0 Å². The van der Waals surface area contributed by atoms with E-state index in [1.54, 1.807) is 6.33 Å². The monoisotopic (exact) mass is 237 g/mol. The van der Waals surface area contributed by atoms with Gasteiger partial charge in [-0.25, -0.2) is 0 Å². The minimum absolute atomic E-state index is 0.177. The molecule has 1 amide bonds. The van der Waals surface area contributed by atoms with E-state index in [-0.39, 0.29) is 5.91 Å². The molecule has 1 atom stereocenters. The molecule has 2 heterocycles. The molecule has 0 aliphatic carbocycles. The second kappa shape index (κ2) is 5.27. The number of hydrogen-bond acceptors (Lipinski definition) is 4. The van der Waals surface area contributed by atoms with E-state index in [1.807, 2.05) is 9.47 Å². The molecule has 0 saturated carbocycles. The van der Waals surface area contributed by atoms with E-state index in [1.165, 1.54) is 0 Å². The minimum Gasteiger partial charge on any atom is -0.333 e. The zero-order valence-electron chi connectivity index (χ0n) is 10.2. The predicted molar refractivity (Wildman–Crippen MR) is 62.9 cm³/mol. The predicted octanol–water partition coefficient (Wildman–Crippen LogP) is -0.00470. The van der Waals surface area contributed by atoms with Crippen LogP contribution in [0.1, 0.15) is 25.6 Å². The van der Waals surface area contributed by atoms with E-state index in [9.17, 15) is 4.79 Å². The van der Waals surface area contributed by atoms with Gasteiger partial charge in [-0.2, -0.15) is 0 Å². The Morgan fingerprint density at radius 1 is 1.59 bits per heavy atom. The Morgan fingerprint density at radius 2 is 2.41 bits per heavy atom. The van der Waals surface area contributed by atoms with Gasteiger partial charge in [-0.05, 0) is 12.5 Å². The number of carbonyl (C=O) groups is 1. The number of rotatable bonds is 4. The van der Waals surface area contributed by atoms with Crippen LogP contribution in [0, 0.1) is 5.92 Å². The van der Waals surface area contributed by atoms with Crippen LogP contribution < -0.4 is 5.73 Å². The molecule has 2 rings (SSSR count). The van der Waals surface area contributed by atoms with E-state index in [0.29, 0.717) is 25.4 Å². The Bertz CT molecular complexity index is 385. The van der Waals surface area contributed by atoms with Crippen molar-refractivity contribution < 1.29 is 4.79 Å². The van der Waals surface area contributed by atoms with Gasteiger partial charge in [0.25, 0.3) is 0 Å². The van der Waals surface area contributed by atoms with Gasteiger partial charge in [0, 0.05) is 19.5 Å². The molecule has 0 spiro atoms. The van der Waals surface area contributed by atoms with Crippen LogP contribution in [0.25, 0.3) is 0 Å². The van der Waals surface area contributed by atoms with Crippen molar-refractivity contribution in [2.75, 3.05) is 13.1 Å². The standard InChI is InChI=1S/C11H19N5O/c1-2-9(6-12)5-11(17)15-3-4-16-8-13-14-10(16)7-15/h8-9H,2-7,12H2,1H3. The van der Waals surface area contributed by atoms with Crippen molar-refractivity contribution in [2.24, 2.45) is 11.7 Å². The van der Waals surface area contributed by atoms with E-state index in [2.05, 4.69) is 17.1 Å². The maximum atomic E-state index is 12.1. The Labute approximate surface area is 101 Å². The molecule has 0 radical (unpaired) electrons. The second-order valence-corrected chi connectivity index (χ2v) is 4.47. The molecule has 1 aromatic rings. The van der Waals surface area contributed by atoms with Crippen molar-refractivity contribution in [1.29, 1.82) is 0 Å². The molecule has 6 heteroatoms. The van der Waals surface area contributed by atoms with Gasteiger partial charge in [-0.15, -0.1) is 10.2 Å². The first-order chi connectivity index (χ1) is 8.24. The smallest absolute Gasteiger partial charge is 0.223 e. The molecular weight excluding hydrogens is 218 g/mol. The highest BCUT2D eigenvalue weighted by Gasteiger charge is 2.23. The first-order valence-corrected chi connectivity index (χ1v) is 6.09. The summed E-state index contributed by atoms with van der Waals surface area (Å²) in [7, 11) is 0. The molecule has 0 saturated heterocycles. The Balaban J connectivity index is 1.94. The third-order valence-electron chi connectivity index (χ3n) is 3.37. The van der Waals surface area contributed by atoms with Gasteiger partial charge in [0.05, 0.1) is 6.54 Å². The van der Waals surface area contributed by atoms with E-state index in [4.69, 9.17) is 5.73 Å². The van der Waals surface area contributed by atoms with Gasteiger partial charge < -0.3 is 15.2 Å². The number of nitrogens with two attached hydrogens (primary N) is 1. The van der Waals surface area contributed by atoms with Gasteiger partial charge in [0.2, 0.25) is 5.91 Å². The summed E-state index contributed by atoms with van der Waals surface area (Å²) >= 11 is 0. The third kappa shape index (κ3) is 2.63. The molecule has 0 aromatic carbocycles. The van der Waals surface area contributed by atoms with E-state index >= 15 is 0 Å². The maximum Gasteiger partial charge on any atom is 0.223 e. The zero-order chi connectivity index (χ0) is 12.3. The molecular formula is C11H19N5O. The molecule has 6 nitrogen and oxygen atoms in total. The quantitative estimate of drug-likeness (QED) is 0.799. The van der Waals surface area contributed by atoms with Crippen LogP contribution in [0.5, 0.6) is 0 Å². The summed E-state index contributed by atoms with van der Waals surface area (Å²) < 4.78 is 1.99. The molecule has 17 heavy (non-hydrogen) atoms. The van der Waals surface area contributed by atoms with Gasteiger partial charge in [0.1, 0.15) is 6.33 Å². The number of aromatic nitrogens is 3. The van der Waals surface area contributed by atoms with Gasteiger partial charge in [-0.3, -0.25) is 4.79 Å². The fraction of sp³-hybridized carbons (Fsp3) is 0.727. The fourth-order valence-electron chi connectivity index (χ4n) is 2.05. The van der Waals surface area contributed by atoms with Crippen LogP contribution in [-0.2, 0) is 17.9 Å². The van der Waals surface area contributed by atoms with Crippen molar-refractivity contribution in [3.8, 4) is 0 Å². The first kappa shape index (κ1) is 12.0. The topological polar surface area (TPSA) is 77.0 Å². The van der Waals surface area contributed by atoms with E-state index in [0.717, 1.165) is 25.3 Å². The summed E-state index contributed by atoms with van der Waals surface area (Å²) in [5, 5.41) is 7.85. The van der Waals surface area contributed by atoms with Gasteiger partial charge >= 0.3 is 0 Å². The molecule has 2 N–H and O–H groups in total. The lowest BCUT2D eigenvalue weighted by atomic mass is 10.0. The summed E-state index contributed by atoms with van der Waals surface area (Å²) in [6, 6.07) is 0. The van der Waals surface area contributed by atoms with Crippen LogP contribution in [-0.4, -0.2) is 38.7 Å². The molecule has 0 fully saturated rings. The molecule has 1 aromatic heterocycles. The van der Waals surface area contributed by atoms with Crippen LogP contribution in [0.15, 0.2) is 6.33 Å². The highest BCUT2D eigenvalue weighted by atomic mass is 16.2. The number of carbonyl (C=O) groups excluding carboxylic acids is 1. The van der Waals surface area contributed by atoms with Crippen molar-refractivity contribution in [1.82, 2.24) is 19.7 Å². The number of nitrogens with zero attached hydrogens (tertiary/aromatic N) is 4. The summed E-state index contributed by atoms with van der Waals surface area (Å²) in [6.07, 6.45) is 3.21. The van der Waals surface area contributed by atoms with Crippen molar-refractivity contribution in [3.05, 3.63) is 12.2 Å². The molecule has 1 unspecified atom stereocenters. The van der Waals surface area contributed by atoms with Gasteiger partial charge in [-0.1, -0.05) is 13.3 Å². The number of hydrogen-bond donors (Lipinski definition) is 1. The minimum atomic E-state index is 0.177. The third-order valence-corrected chi connectivity index (χ3v) is 3.37. The lowest BCUT2D eigenvalue weighted by molar-refractivity contribution is -0.133. The Morgan fingerprint density at radius 3 is 3.12 bits per heavy atom. The highest BCUT2D eigenvalue weighted by Crippen LogP contribution is 2.14. The summed E-state index contributed by atoms with van der Waals surface area (Å²) in [5.74, 6) is 1.34. The largest absolute Gasteiger partial charge is 0.333 e. The zero-order valence-corrected chi connectivity index (χ0v) is 10.2. The summed E-state index contributed by atoms with van der Waals surface area (Å²) in [4.78, 5) is 13.9. The molecule has 1 aliphatic rings.